The number of hydroxylamine groups is 1. The Morgan fingerprint density at radius 1 is 0.919 bits per heavy atom. The van der Waals surface area contributed by atoms with Crippen LogP contribution in [0.25, 0.3) is 11.1 Å². The van der Waals surface area contributed by atoms with Crippen LogP contribution in [0, 0.1) is 5.41 Å². The van der Waals surface area contributed by atoms with Gasteiger partial charge in [-0.1, -0.05) is 61.7 Å². The van der Waals surface area contributed by atoms with Crippen molar-refractivity contribution in [1.82, 2.24) is 5.48 Å². The van der Waals surface area contributed by atoms with Gasteiger partial charge in [0.05, 0.1) is 4.90 Å². The van der Waals surface area contributed by atoms with E-state index in [-0.39, 0.29) is 10.7 Å². The Morgan fingerprint density at radius 2 is 1.59 bits per heavy atom. The van der Waals surface area contributed by atoms with Gasteiger partial charge in [-0.05, 0) is 48.7 Å². The number of amidine groups is 1. The molecule has 0 saturated heterocycles. The summed E-state index contributed by atoms with van der Waals surface area (Å²) in [6.07, 6.45) is 5.22. The van der Waals surface area contributed by atoms with E-state index in [0.29, 0.717) is 28.4 Å². The van der Waals surface area contributed by atoms with Crippen LogP contribution in [0.4, 0.5) is 16.2 Å². The van der Waals surface area contributed by atoms with E-state index < -0.39 is 16.1 Å². The lowest BCUT2D eigenvalue weighted by molar-refractivity contribution is 0.209. The highest BCUT2D eigenvalue weighted by atomic mass is 32.2. The lowest BCUT2D eigenvalue weighted by Gasteiger charge is -2.24. The van der Waals surface area contributed by atoms with E-state index in [4.69, 9.17) is 20.9 Å². The normalized spacial score (nSPS) is 13.6. The van der Waals surface area contributed by atoms with Crippen LogP contribution in [0.2, 0.25) is 0 Å². The Hall–Kier alpha value is -3.93. The predicted molar refractivity (Wildman–Crippen MR) is 144 cm³/mol. The van der Waals surface area contributed by atoms with Crippen LogP contribution >= 0.6 is 0 Å². The summed E-state index contributed by atoms with van der Waals surface area (Å²) in [6, 6.07) is 20.8. The first-order valence-electron chi connectivity index (χ1n) is 11.7. The lowest BCUT2D eigenvalue weighted by atomic mass is 9.95. The maximum atomic E-state index is 11.5. The third-order valence-corrected chi connectivity index (χ3v) is 6.85. The fourth-order valence-corrected chi connectivity index (χ4v) is 4.88. The SMILES string of the molecule is N=C(NO)c1cccc(NC2CCCCC2)c1.NS(=O)(=O)c1ccccc1-c1ccc(NC(=O)O)cc1. The molecule has 0 spiro atoms. The molecule has 0 radical (unpaired) electrons. The molecule has 0 heterocycles. The van der Waals surface area contributed by atoms with Crippen molar-refractivity contribution in [2.24, 2.45) is 5.14 Å². The highest BCUT2D eigenvalue weighted by molar-refractivity contribution is 7.89. The van der Waals surface area contributed by atoms with Crippen molar-refractivity contribution in [1.29, 1.82) is 5.41 Å². The van der Waals surface area contributed by atoms with E-state index >= 15 is 0 Å². The van der Waals surface area contributed by atoms with Crippen LogP contribution < -0.4 is 21.3 Å². The van der Waals surface area contributed by atoms with Gasteiger partial charge in [-0.15, -0.1) is 0 Å². The number of carbonyl (C=O) groups is 1. The average Bonchev–Trinajstić information content (AvgIpc) is 2.89. The zero-order valence-corrected chi connectivity index (χ0v) is 21.0. The van der Waals surface area contributed by atoms with Crippen LogP contribution in [-0.4, -0.2) is 36.7 Å². The summed E-state index contributed by atoms with van der Waals surface area (Å²) in [5, 5.41) is 35.7. The monoisotopic (exact) mass is 525 g/mol. The van der Waals surface area contributed by atoms with E-state index in [1.165, 1.54) is 38.2 Å². The first kappa shape index (κ1) is 27.7. The van der Waals surface area contributed by atoms with Gasteiger partial charge in [0.1, 0.15) is 5.84 Å². The molecule has 37 heavy (non-hydrogen) atoms. The van der Waals surface area contributed by atoms with Crippen molar-refractivity contribution in [2.45, 2.75) is 43.0 Å². The minimum atomic E-state index is -3.82. The summed E-state index contributed by atoms with van der Waals surface area (Å²) < 4.78 is 23.1. The first-order chi connectivity index (χ1) is 17.7. The molecule has 0 aromatic heterocycles. The number of nitrogens with two attached hydrogens (primary N) is 1. The van der Waals surface area contributed by atoms with Gasteiger partial charge in [-0.2, -0.15) is 0 Å². The summed E-state index contributed by atoms with van der Waals surface area (Å²) in [7, 11) is -3.82. The number of anilines is 2. The zero-order valence-electron chi connectivity index (χ0n) is 20.1. The number of sulfonamides is 1. The fourth-order valence-electron chi connectivity index (χ4n) is 4.12. The molecule has 1 saturated carbocycles. The van der Waals surface area contributed by atoms with Gasteiger partial charge < -0.3 is 10.4 Å². The Kier molecular flexibility index (Phi) is 9.61. The van der Waals surface area contributed by atoms with Gasteiger partial charge in [0.15, 0.2) is 0 Å². The van der Waals surface area contributed by atoms with Crippen LogP contribution in [-0.2, 0) is 10.0 Å². The molecule has 196 valence electrons. The van der Waals surface area contributed by atoms with Gasteiger partial charge in [0.25, 0.3) is 0 Å². The van der Waals surface area contributed by atoms with Crippen molar-refractivity contribution < 1.29 is 23.5 Å². The molecule has 1 amide bonds. The number of nitrogens with one attached hydrogen (secondary N) is 4. The molecule has 11 heteroatoms. The summed E-state index contributed by atoms with van der Waals surface area (Å²) >= 11 is 0. The van der Waals surface area contributed by atoms with E-state index in [0.717, 1.165) is 5.69 Å². The third-order valence-electron chi connectivity index (χ3n) is 5.88. The molecule has 0 atom stereocenters. The average molecular weight is 526 g/mol. The summed E-state index contributed by atoms with van der Waals surface area (Å²) in [6.45, 7) is 0. The van der Waals surface area contributed by atoms with E-state index in [2.05, 4.69) is 10.6 Å². The van der Waals surface area contributed by atoms with Gasteiger partial charge >= 0.3 is 6.09 Å². The van der Waals surface area contributed by atoms with Crippen molar-refractivity contribution in [3.8, 4) is 11.1 Å². The summed E-state index contributed by atoms with van der Waals surface area (Å²) in [5.74, 6) is 0.0253. The molecule has 3 aromatic carbocycles. The number of carboxylic acid groups (broad SMARTS) is 1. The topological polar surface area (TPSA) is 178 Å². The maximum Gasteiger partial charge on any atom is 0.409 e. The predicted octanol–water partition coefficient (Wildman–Crippen LogP) is 4.83. The molecule has 0 bridgehead atoms. The van der Waals surface area contributed by atoms with Crippen LogP contribution in [0.1, 0.15) is 37.7 Å². The second kappa shape index (κ2) is 12.9. The smallest absolute Gasteiger partial charge is 0.409 e. The van der Waals surface area contributed by atoms with Gasteiger partial charge in [-0.3, -0.25) is 21.4 Å². The molecule has 4 rings (SSSR count). The third kappa shape index (κ3) is 8.31. The second-order valence-electron chi connectivity index (χ2n) is 8.60. The molecule has 1 aliphatic carbocycles. The second-order valence-corrected chi connectivity index (χ2v) is 10.1. The molecular formula is C26H31N5O5S. The number of hydrogen-bond donors (Lipinski definition) is 7. The minimum Gasteiger partial charge on any atom is -0.465 e. The number of rotatable bonds is 6. The fraction of sp³-hybridized carbons (Fsp3) is 0.231. The van der Waals surface area contributed by atoms with Gasteiger partial charge in [0.2, 0.25) is 10.0 Å². The number of primary sulfonamides is 1. The van der Waals surface area contributed by atoms with Crippen molar-refractivity contribution in [3.63, 3.8) is 0 Å². The Morgan fingerprint density at radius 3 is 2.22 bits per heavy atom. The first-order valence-corrected chi connectivity index (χ1v) is 13.3. The molecule has 8 N–H and O–H groups in total. The Bertz CT molecular complexity index is 1320. The van der Waals surface area contributed by atoms with Gasteiger partial charge in [-0.25, -0.2) is 18.4 Å². The van der Waals surface area contributed by atoms with E-state index in [1.807, 2.05) is 23.7 Å². The number of hydrogen-bond acceptors (Lipinski definition) is 6. The quantitative estimate of drug-likeness (QED) is 0.137. The molecule has 3 aromatic rings. The molecule has 10 nitrogen and oxygen atoms in total. The number of amides is 1. The van der Waals surface area contributed by atoms with Crippen molar-refractivity contribution in [3.05, 3.63) is 78.4 Å². The molecule has 1 aliphatic rings. The van der Waals surface area contributed by atoms with Crippen molar-refractivity contribution in [2.75, 3.05) is 10.6 Å². The van der Waals surface area contributed by atoms with Crippen LogP contribution in [0.3, 0.4) is 0 Å². The van der Waals surface area contributed by atoms with Crippen molar-refractivity contribution >= 4 is 33.3 Å². The maximum absolute atomic E-state index is 11.5. The van der Waals surface area contributed by atoms with E-state index in [9.17, 15) is 13.2 Å². The number of benzene rings is 3. The lowest BCUT2D eigenvalue weighted by Crippen LogP contribution is -2.23. The highest BCUT2D eigenvalue weighted by Crippen LogP contribution is 2.27. The molecule has 1 fully saturated rings. The van der Waals surface area contributed by atoms with Crippen LogP contribution in [0.5, 0.6) is 0 Å². The van der Waals surface area contributed by atoms with Gasteiger partial charge in [0, 0.05) is 28.5 Å². The highest BCUT2D eigenvalue weighted by Gasteiger charge is 2.15. The van der Waals surface area contributed by atoms with E-state index in [1.54, 1.807) is 48.5 Å². The molecule has 0 unspecified atom stereocenters. The Balaban J connectivity index is 0.000000208. The molecule has 0 aliphatic heterocycles. The summed E-state index contributed by atoms with van der Waals surface area (Å²) in [5.41, 5.74) is 5.08. The molecular weight excluding hydrogens is 494 g/mol. The largest absolute Gasteiger partial charge is 0.465 e. The summed E-state index contributed by atoms with van der Waals surface area (Å²) in [4.78, 5) is 10.5. The Labute approximate surface area is 216 Å². The standard InChI is InChI=1S/C13H19N3O.C13H12N2O4S/c14-13(16-17)10-5-4-8-12(9-10)15-11-6-2-1-3-7-11;14-20(18,19)12-4-2-1-3-11(12)9-5-7-10(8-6-9)15-13(16)17/h4-5,8-9,11,15,17H,1-3,6-7H2,(H2,14,16);1-8,15H,(H,16,17)(H2,14,18,19). The zero-order chi connectivity index (χ0) is 26.8. The minimum absolute atomic E-state index is 0.0253. The van der Waals surface area contributed by atoms with Crippen LogP contribution in [0.15, 0.2) is 77.7 Å².